The van der Waals surface area contributed by atoms with Gasteiger partial charge in [-0.05, 0) is 43.2 Å². The molecule has 5 amide bonds. The van der Waals surface area contributed by atoms with Crippen molar-refractivity contribution in [2.45, 2.75) is 76.0 Å². The van der Waals surface area contributed by atoms with Crippen LogP contribution in [0.3, 0.4) is 0 Å². The second-order valence-corrected chi connectivity index (χ2v) is 13.9. The molecule has 0 radical (unpaired) electrons. The van der Waals surface area contributed by atoms with Crippen LogP contribution in [0.25, 0.3) is 0 Å². The summed E-state index contributed by atoms with van der Waals surface area (Å²) >= 11 is 0. The third-order valence-electron chi connectivity index (χ3n) is 8.38. The molecule has 0 unspecified atom stereocenters. The van der Waals surface area contributed by atoms with Crippen molar-refractivity contribution in [3.05, 3.63) is 83.4 Å². The van der Waals surface area contributed by atoms with Crippen molar-refractivity contribution >= 4 is 43.3 Å². The van der Waals surface area contributed by atoms with Crippen LogP contribution in [0.4, 0.5) is 0 Å². The number of nitrogens with zero attached hydrogens (tertiary/aromatic N) is 1. The van der Waals surface area contributed by atoms with Gasteiger partial charge < -0.3 is 48.3 Å². The van der Waals surface area contributed by atoms with Gasteiger partial charge in [0.2, 0.25) is 29.5 Å². The maximum atomic E-state index is 14.0. The van der Waals surface area contributed by atoms with E-state index in [0.29, 0.717) is 36.8 Å². The Hall–Kier alpha value is -5.09. The lowest BCUT2D eigenvalue weighted by Crippen LogP contribution is -2.56. The number of nitrogens with one attached hydrogen (secondary N) is 4. The predicted octanol–water partition coefficient (Wildman–Crippen LogP) is -0.194. The lowest BCUT2D eigenvalue weighted by atomic mass is 9.98. The zero-order valence-electron chi connectivity index (χ0n) is 29.5. The van der Waals surface area contributed by atoms with Crippen molar-refractivity contribution in [1.82, 2.24) is 21.3 Å². The number of carbonyl (C=O) groups excluding carboxylic acids is 5. The number of nitrogens with two attached hydrogens (primary N) is 3. The number of amides is 5. The number of aliphatic imine (C=N–C) groups is 1. The van der Waals surface area contributed by atoms with Gasteiger partial charge in [0, 0.05) is 26.3 Å². The number of hydrogen-bond acceptors (Lipinski definition) is 8. The molecule has 1 saturated carbocycles. The van der Waals surface area contributed by atoms with E-state index in [1.54, 1.807) is 54.6 Å². The predicted molar refractivity (Wildman–Crippen MR) is 196 cm³/mol. The Balaban J connectivity index is 1.85. The van der Waals surface area contributed by atoms with Gasteiger partial charge in [0.25, 0.3) is 0 Å². The van der Waals surface area contributed by atoms with Gasteiger partial charge in [0.05, 0.1) is 18.6 Å². The van der Waals surface area contributed by atoms with Crippen molar-refractivity contribution in [2.24, 2.45) is 28.1 Å². The molecule has 1 fully saturated rings. The molecule has 12 N–H and O–H groups in total. The molecule has 0 spiro atoms. The molecule has 2 aromatic rings. The minimum atomic E-state index is -5.00. The molecule has 0 aliphatic heterocycles. The molecule has 288 valence electrons. The minimum absolute atomic E-state index is 0.0297. The first-order valence-electron chi connectivity index (χ1n) is 17.1. The van der Waals surface area contributed by atoms with Crippen LogP contribution >= 0.6 is 7.82 Å². The molecule has 0 heterocycles. The number of phosphoric ester groups is 1. The third-order valence-corrected chi connectivity index (χ3v) is 8.87. The van der Waals surface area contributed by atoms with Gasteiger partial charge in [-0.15, -0.1) is 0 Å². The van der Waals surface area contributed by atoms with E-state index in [1.165, 1.54) is 13.0 Å². The summed E-state index contributed by atoms with van der Waals surface area (Å²) < 4.78 is 16.5. The summed E-state index contributed by atoms with van der Waals surface area (Å²) in [6.45, 7) is 0.833. The molecular formula is C35H49N8O9P. The molecule has 1 aliphatic rings. The van der Waals surface area contributed by atoms with Crippen LogP contribution in [0.2, 0.25) is 0 Å². The Morgan fingerprint density at radius 3 is 1.96 bits per heavy atom. The topological polar surface area (TPSA) is 291 Å². The van der Waals surface area contributed by atoms with E-state index in [9.17, 15) is 38.3 Å². The normalized spacial score (nSPS) is 17.1. The highest BCUT2D eigenvalue weighted by Crippen LogP contribution is 2.36. The van der Waals surface area contributed by atoms with Gasteiger partial charge in [-0.1, -0.05) is 72.3 Å². The molecule has 1 aliphatic carbocycles. The average molecular weight is 757 g/mol. The molecule has 0 bridgehead atoms. The van der Waals surface area contributed by atoms with Gasteiger partial charge in [0.15, 0.2) is 5.96 Å². The van der Waals surface area contributed by atoms with Gasteiger partial charge in [-0.25, -0.2) is 4.57 Å². The Bertz CT molecular complexity index is 1670. The van der Waals surface area contributed by atoms with Crippen molar-refractivity contribution in [2.75, 3.05) is 13.2 Å². The van der Waals surface area contributed by atoms with E-state index in [2.05, 4.69) is 26.3 Å². The Kier molecular flexibility index (Phi) is 16.6. The van der Waals surface area contributed by atoms with Crippen LogP contribution in [0, 0.1) is 5.92 Å². The first kappa shape index (κ1) is 42.3. The summed E-state index contributed by atoms with van der Waals surface area (Å²) in [4.78, 5) is 88.0. The van der Waals surface area contributed by atoms with Gasteiger partial charge in [-0.3, -0.25) is 33.5 Å². The SMILES string of the molecule is CC(=O)N[C@@H](Cc1ccccc1)C(=O)N[C@@H](Cc1ccccc1)C(=O)N[C@@H](/C=C1\CCC[C@@H]1C(=O)N[C@@H](CCCN=C(N)N)C(N)=O)COP(=O)(O)O. The molecule has 3 rings (SSSR count). The lowest BCUT2D eigenvalue weighted by molar-refractivity contribution is -0.131. The van der Waals surface area contributed by atoms with Crippen molar-refractivity contribution in [3.8, 4) is 0 Å². The second kappa shape index (κ2) is 20.8. The number of benzene rings is 2. The fraction of sp³-hybridized carbons (Fsp3) is 0.429. The molecule has 0 saturated heterocycles. The van der Waals surface area contributed by atoms with Crippen LogP contribution < -0.4 is 38.5 Å². The average Bonchev–Trinajstić information content (AvgIpc) is 3.56. The molecule has 0 aromatic heterocycles. The number of rotatable bonds is 20. The first-order valence-corrected chi connectivity index (χ1v) is 18.7. The van der Waals surface area contributed by atoms with Crippen LogP contribution in [-0.4, -0.2) is 82.6 Å². The molecule has 18 heteroatoms. The zero-order chi connectivity index (χ0) is 39.0. The number of primary amides is 1. The quantitative estimate of drug-likeness (QED) is 0.0280. The van der Waals surface area contributed by atoms with E-state index in [4.69, 9.17) is 21.7 Å². The molecule has 17 nitrogen and oxygen atoms in total. The fourth-order valence-corrected chi connectivity index (χ4v) is 6.27. The molecule has 2 aromatic carbocycles. The highest BCUT2D eigenvalue weighted by atomic mass is 31.2. The maximum absolute atomic E-state index is 14.0. The summed E-state index contributed by atoms with van der Waals surface area (Å²) in [6.07, 6.45) is 3.61. The zero-order valence-corrected chi connectivity index (χ0v) is 30.4. The second-order valence-electron chi connectivity index (χ2n) is 12.7. The molecular weight excluding hydrogens is 707 g/mol. The smallest absolute Gasteiger partial charge is 0.370 e. The lowest BCUT2D eigenvalue weighted by Gasteiger charge is -2.25. The maximum Gasteiger partial charge on any atom is 0.469 e. The summed E-state index contributed by atoms with van der Waals surface area (Å²) in [7, 11) is -5.00. The number of carbonyl (C=O) groups is 5. The van der Waals surface area contributed by atoms with Crippen LogP contribution in [-0.2, 0) is 45.9 Å². The van der Waals surface area contributed by atoms with Crippen LogP contribution in [0.1, 0.15) is 50.2 Å². The number of hydrogen-bond donors (Lipinski definition) is 9. The standard InChI is InChI=1S/C35H49N8O9P/c1-22(44)40-29(18-23-10-4-2-5-11-23)34(48)43-30(19-24-12-6-3-7-13-24)33(47)41-26(21-52-53(49,50)51)20-25-14-8-15-27(25)32(46)42-28(31(36)45)16-9-17-39-35(37)38/h2-7,10-13,20,26-30H,8-9,14-19,21H2,1H3,(H2,36,45)(H,40,44)(H,41,47)(H,42,46)(H,43,48)(H4,37,38,39)(H2,49,50,51)/b25-20+/t26-,27-,28-,29-,30-/m0/s1. The Morgan fingerprint density at radius 2 is 1.43 bits per heavy atom. The Labute approximate surface area is 307 Å². The number of phosphoric acid groups is 1. The molecule has 53 heavy (non-hydrogen) atoms. The van der Waals surface area contributed by atoms with Crippen LogP contribution in [0.15, 0.2) is 77.3 Å². The van der Waals surface area contributed by atoms with E-state index in [-0.39, 0.29) is 31.8 Å². The molecule has 5 atom stereocenters. The monoisotopic (exact) mass is 756 g/mol. The van der Waals surface area contributed by atoms with E-state index in [0.717, 1.165) is 5.56 Å². The van der Waals surface area contributed by atoms with Crippen LogP contribution in [0.5, 0.6) is 0 Å². The fourth-order valence-electron chi connectivity index (χ4n) is 5.92. The highest BCUT2D eigenvalue weighted by Gasteiger charge is 2.33. The summed E-state index contributed by atoms with van der Waals surface area (Å²) in [5.41, 5.74) is 18.2. The van der Waals surface area contributed by atoms with Gasteiger partial charge in [-0.2, -0.15) is 0 Å². The highest BCUT2D eigenvalue weighted by molar-refractivity contribution is 7.46. The first-order chi connectivity index (χ1) is 25.1. The summed E-state index contributed by atoms with van der Waals surface area (Å²) in [5, 5.41) is 10.8. The largest absolute Gasteiger partial charge is 0.469 e. The van der Waals surface area contributed by atoms with Gasteiger partial charge in [0.1, 0.15) is 18.1 Å². The number of guanidine groups is 1. The van der Waals surface area contributed by atoms with Crippen molar-refractivity contribution in [3.63, 3.8) is 0 Å². The van der Waals surface area contributed by atoms with Gasteiger partial charge >= 0.3 is 7.82 Å². The third kappa shape index (κ3) is 15.6. The van der Waals surface area contributed by atoms with E-state index < -0.39 is 74.1 Å². The summed E-state index contributed by atoms with van der Waals surface area (Å²) in [6, 6.07) is 13.5. The minimum Gasteiger partial charge on any atom is -0.370 e. The van der Waals surface area contributed by atoms with Crippen molar-refractivity contribution < 1.29 is 42.8 Å². The van der Waals surface area contributed by atoms with Crippen molar-refractivity contribution in [1.29, 1.82) is 0 Å². The van der Waals surface area contributed by atoms with E-state index in [1.807, 2.05) is 6.07 Å². The summed E-state index contributed by atoms with van der Waals surface area (Å²) in [5.74, 6) is -3.87. The van der Waals surface area contributed by atoms with E-state index >= 15 is 0 Å². The Morgan fingerprint density at radius 1 is 0.868 bits per heavy atom.